The number of rotatable bonds is 2. The second kappa shape index (κ2) is 4.45. The van der Waals surface area contributed by atoms with E-state index < -0.39 is 0 Å². The molecule has 0 unspecified atom stereocenters. The number of nitriles is 1. The highest BCUT2D eigenvalue weighted by molar-refractivity contribution is 5.94. The minimum absolute atomic E-state index is 0.232. The number of carbonyl (C=O) groups excluding carboxylic acids is 2. The topological polar surface area (TPSA) is 73.2 Å². The average Bonchev–Trinajstić information content (AvgIpc) is 2.24. The Bertz CT molecular complexity index is 257. The fourth-order valence-corrected chi connectivity index (χ4v) is 1.19. The van der Waals surface area contributed by atoms with Crippen LogP contribution in [-0.4, -0.2) is 29.9 Å². The first-order valence-corrected chi connectivity index (χ1v) is 4.20. The fraction of sp³-hybridized carbons (Fsp3) is 0.625. The number of carbonyl (C=O) groups is 2. The van der Waals surface area contributed by atoms with E-state index in [1.54, 1.807) is 0 Å². The summed E-state index contributed by atoms with van der Waals surface area (Å²) in [4.78, 5) is 23.6. The Balaban J connectivity index is 2.49. The maximum atomic E-state index is 11.2. The van der Waals surface area contributed by atoms with E-state index in [0.717, 1.165) is 0 Å². The Morgan fingerprint density at radius 1 is 1.54 bits per heavy atom. The predicted octanol–water partition coefficient (Wildman–Crippen LogP) is 0.232. The molecule has 1 rings (SSSR count). The molecule has 13 heavy (non-hydrogen) atoms. The van der Waals surface area contributed by atoms with Gasteiger partial charge in [0, 0.05) is 19.5 Å². The summed E-state index contributed by atoms with van der Waals surface area (Å²) in [5, 5.41) is 10.6. The molecule has 0 aromatic heterocycles. The molecule has 0 atom stereocenters. The lowest BCUT2D eigenvalue weighted by Crippen LogP contribution is -2.40. The molecule has 1 N–H and O–H groups in total. The molecule has 1 aliphatic rings. The molecule has 0 aromatic rings. The monoisotopic (exact) mass is 181 g/mol. The lowest BCUT2D eigenvalue weighted by Gasteiger charge is -2.17. The van der Waals surface area contributed by atoms with Gasteiger partial charge in [0.2, 0.25) is 5.91 Å². The molecule has 0 aromatic carbocycles. The molecule has 0 spiro atoms. The van der Waals surface area contributed by atoms with Gasteiger partial charge in [-0.1, -0.05) is 0 Å². The third kappa shape index (κ3) is 2.75. The van der Waals surface area contributed by atoms with Crippen LogP contribution in [0, 0.1) is 11.3 Å². The second-order valence-electron chi connectivity index (χ2n) is 2.85. The molecule has 1 saturated heterocycles. The summed E-state index contributed by atoms with van der Waals surface area (Å²) in [6.07, 6.45) is 1.36. The normalized spacial score (nSPS) is 17.6. The molecule has 5 nitrogen and oxygen atoms in total. The number of imide groups is 1. The van der Waals surface area contributed by atoms with E-state index in [1.807, 2.05) is 6.07 Å². The van der Waals surface area contributed by atoms with Crippen LogP contribution < -0.4 is 5.32 Å². The van der Waals surface area contributed by atoms with Crippen molar-refractivity contribution in [2.45, 2.75) is 19.3 Å². The van der Waals surface area contributed by atoms with Crippen LogP contribution in [0.4, 0.5) is 4.79 Å². The zero-order valence-electron chi connectivity index (χ0n) is 7.25. The van der Waals surface area contributed by atoms with Crippen molar-refractivity contribution in [3.63, 3.8) is 0 Å². The number of nitrogens with one attached hydrogen (secondary N) is 1. The summed E-state index contributed by atoms with van der Waals surface area (Å²) in [6, 6.07) is 1.58. The van der Waals surface area contributed by atoms with Crippen molar-refractivity contribution < 1.29 is 9.59 Å². The largest absolute Gasteiger partial charge is 0.324 e. The maximum absolute atomic E-state index is 11.2. The van der Waals surface area contributed by atoms with Gasteiger partial charge in [0.15, 0.2) is 0 Å². The molecular formula is C8H11N3O2. The van der Waals surface area contributed by atoms with Gasteiger partial charge in [-0.3, -0.25) is 10.1 Å². The van der Waals surface area contributed by atoms with Crippen LogP contribution in [0.1, 0.15) is 19.3 Å². The minimum Gasteiger partial charge on any atom is -0.323 e. The smallest absolute Gasteiger partial charge is 0.323 e. The molecule has 5 heteroatoms. The molecule has 1 fully saturated rings. The third-order valence-electron chi connectivity index (χ3n) is 1.86. The minimum atomic E-state index is -0.377. The summed E-state index contributed by atoms with van der Waals surface area (Å²) < 4.78 is 0. The van der Waals surface area contributed by atoms with Crippen LogP contribution in [0.2, 0.25) is 0 Å². The summed E-state index contributed by atoms with van der Waals surface area (Å²) in [5.41, 5.74) is 0. The summed E-state index contributed by atoms with van der Waals surface area (Å²) in [7, 11) is 0. The van der Waals surface area contributed by atoms with Gasteiger partial charge in [-0.25, -0.2) is 4.79 Å². The van der Waals surface area contributed by atoms with E-state index >= 15 is 0 Å². The lowest BCUT2D eigenvalue weighted by atomic mass is 10.3. The number of hydrogen-bond donors (Lipinski definition) is 1. The zero-order chi connectivity index (χ0) is 9.68. The van der Waals surface area contributed by atoms with Crippen molar-refractivity contribution in [2.75, 3.05) is 13.1 Å². The Kier molecular flexibility index (Phi) is 3.26. The summed E-state index contributed by atoms with van der Waals surface area (Å²) in [5.74, 6) is -0.232. The average molecular weight is 181 g/mol. The number of nitrogens with zero attached hydrogens (tertiary/aromatic N) is 2. The molecule has 70 valence electrons. The van der Waals surface area contributed by atoms with Gasteiger partial charge < -0.3 is 4.90 Å². The van der Waals surface area contributed by atoms with Gasteiger partial charge in [-0.2, -0.15) is 5.26 Å². The van der Waals surface area contributed by atoms with E-state index in [1.165, 1.54) is 4.90 Å². The highest BCUT2D eigenvalue weighted by atomic mass is 16.2. The Labute approximate surface area is 76.3 Å². The number of urea groups is 1. The number of amides is 3. The SMILES string of the molecule is N#CCCN1CCCC(=O)NC1=O. The second-order valence-corrected chi connectivity index (χ2v) is 2.85. The van der Waals surface area contributed by atoms with Crippen molar-refractivity contribution in [2.24, 2.45) is 0 Å². The highest BCUT2D eigenvalue weighted by Crippen LogP contribution is 2.02. The van der Waals surface area contributed by atoms with Crippen LogP contribution in [0.25, 0.3) is 0 Å². The highest BCUT2D eigenvalue weighted by Gasteiger charge is 2.19. The van der Waals surface area contributed by atoms with Crippen molar-refractivity contribution in [1.82, 2.24) is 10.2 Å². The first kappa shape index (κ1) is 9.52. The molecule has 0 aliphatic carbocycles. The van der Waals surface area contributed by atoms with Gasteiger partial charge in [0.05, 0.1) is 12.5 Å². The van der Waals surface area contributed by atoms with Crippen LogP contribution in [-0.2, 0) is 4.79 Å². The maximum Gasteiger partial charge on any atom is 0.324 e. The molecule has 0 bridgehead atoms. The Morgan fingerprint density at radius 3 is 3.00 bits per heavy atom. The molecular weight excluding hydrogens is 170 g/mol. The van der Waals surface area contributed by atoms with Gasteiger partial charge in [-0.05, 0) is 6.42 Å². The van der Waals surface area contributed by atoms with E-state index in [9.17, 15) is 9.59 Å². The van der Waals surface area contributed by atoms with E-state index in [-0.39, 0.29) is 11.9 Å². The predicted molar refractivity (Wildman–Crippen MR) is 44.6 cm³/mol. The van der Waals surface area contributed by atoms with Crippen molar-refractivity contribution >= 4 is 11.9 Å². The van der Waals surface area contributed by atoms with Crippen LogP contribution in [0.5, 0.6) is 0 Å². The lowest BCUT2D eigenvalue weighted by molar-refractivity contribution is -0.119. The van der Waals surface area contributed by atoms with Crippen LogP contribution in [0.15, 0.2) is 0 Å². The fourth-order valence-electron chi connectivity index (χ4n) is 1.19. The van der Waals surface area contributed by atoms with Crippen LogP contribution in [0.3, 0.4) is 0 Å². The van der Waals surface area contributed by atoms with E-state index in [2.05, 4.69) is 5.32 Å². The molecule has 0 radical (unpaired) electrons. The molecule has 0 saturated carbocycles. The Morgan fingerprint density at radius 2 is 2.31 bits per heavy atom. The number of hydrogen-bond acceptors (Lipinski definition) is 3. The van der Waals surface area contributed by atoms with Crippen LogP contribution >= 0.6 is 0 Å². The molecule has 1 aliphatic heterocycles. The zero-order valence-corrected chi connectivity index (χ0v) is 7.25. The van der Waals surface area contributed by atoms with E-state index in [0.29, 0.717) is 32.4 Å². The molecule has 1 heterocycles. The van der Waals surface area contributed by atoms with Crippen molar-refractivity contribution in [3.05, 3.63) is 0 Å². The quantitative estimate of drug-likeness (QED) is 0.662. The van der Waals surface area contributed by atoms with Crippen molar-refractivity contribution in [1.29, 1.82) is 5.26 Å². The Hall–Kier alpha value is -1.57. The first-order chi connectivity index (χ1) is 6.24. The third-order valence-corrected chi connectivity index (χ3v) is 1.86. The summed E-state index contributed by atoms with van der Waals surface area (Å²) >= 11 is 0. The van der Waals surface area contributed by atoms with Gasteiger partial charge in [0.25, 0.3) is 0 Å². The first-order valence-electron chi connectivity index (χ1n) is 4.20. The van der Waals surface area contributed by atoms with Gasteiger partial charge in [-0.15, -0.1) is 0 Å². The van der Waals surface area contributed by atoms with E-state index in [4.69, 9.17) is 5.26 Å². The van der Waals surface area contributed by atoms with Gasteiger partial charge in [0.1, 0.15) is 0 Å². The summed E-state index contributed by atoms with van der Waals surface area (Å²) in [6.45, 7) is 0.953. The standard InChI is InChI=1S/C8H11N3O2/c9-4-2-6-11-5-1-3-7(12)10-8(11)13/h1-3,5-6H2,(H,10,12,13). The molecule has 3 amide bonds. The van der Waals surface area contributed by atoms with Crippen molar-refractivity contribution in [3.8, 4) is 6.07 Å². The van der Waals surface area contributed by atoms with Gasteiger partial charge >= 0.3 is 6.03 Å².